The molecule has 4 rings (SSSR count). The zero-order valence-corrected chi connectivity index (χ0v) is 21.8. The van der Waals surface area contributed by atoms with Crippen molar-refractivity contribution in [3.05, 3.63) is 58.7 Å². The van der Waals surface area contributed by atoms with E-state index in [1.807, 2.05) is 32.0 Å². The lowest BCUT2D eigenvalue weighted by Gasteiger charge is -2.20. The van der Waals surface area contributed by atoms with Crippen LogP contribution in [0.4, 0.5) is 0 Å². The molecule has 2 heterocycles. The third-order valence-electron chi connectivity index (χ3n) is 5.51. The van der Waals surface area contributed by atoms with E-state index in [2.05, 4.69) is 30.0 Å². The van der Waals surface area contributed by atoms with Gasteiger partial charge in [-0.1, -0.05) is 26.0 Å². The van der Waals surface area contributed by atoms with Crippen molar-refractivity contribution in [1.82, 2.24) is 5.01 Å². The van der Waals surface area contributed by atoms with E-state index in [1.165, 1.54) is 27.9 Å². The molecule has 2 aliphatic rings. The molecule has 36 heavy (non-hydrogen) atoms. The van der Waals surface area contributed by atoms with Gasteiger partial charge in [0.25, 0.3) is 5.91 Å². The van der Waals surface area contributed by atoms with Crippen LogP contribution in [0.1, 0.15) is 43.9 Å². The van der Waals surface area contributed by atoms with E-state index in [0.717, 1.165) is 23.6 Å². The Morgan fingerprint density at radius 2 is 1.81 bits per heavy atom. The smallest absolute Gasteiger partial charge is 0.283 e. The summed E-state index contributed by atoms with van der Waals surface area (Å²) in [6.45, 7) is 9.24. The third kappa shape index (κ3) is 5.79. The standard InChI is InChI=1S/C27H30N4O4S/c1-5-18-12-17(4)13-20(14-18)34-10-11-35-22-9-8-19(16-23(22)33-7-3)15-21-25(28)31-27(29-26(21)32)36-24(6-2)30-31/h8-9,12-16,28H,5-7,10-11H2,1-4H3/b21-15-,28-25?. The number of nitrogens with one attached hydrogen (secondary N) is 1. The van der Waals surface area contributed by atoms with Crippen LogP contribution in [0.15, 0.2) is 52.1 Å². The number of thioether (sulfide) groups is 1. The molecular weight excluding hydrogens is 476 g/mol. The van der Waals surface area contributed by atoms with Crippen molar-refractivity contribution in [2.45, 2.75) is 40.5 Å². The van der Waals surface area contributed by atoms with Crippen LogP contribution in [0.2, 0.25) is 0 Å². The van der Waals surface area contributed by atoms with E-state index < -0.39 is 5.91 Å². The van der Waals surface area contributed by atoms with E-state index >= 15 is 0 Å². The molecule has 2 aromatic rings. The number of ether oxygens (including phenoxy) is 3. The number of amides is 1. The Morgan fingerprint density at radius 1 is 1.00 bits per heavy atom. The normalized spacial score (nSPS) is 16.1. The van der Waals surface area contributed by atoms with Crippen LogP contribution in [0.5, 0.6) is 17.2 Å². The van der Waals surface area contributed by atoms with Crippen LogP contribution in [-0.4, -0.2) is 46.8 Å². The molecule has 2 aromatic carbocycles. The number of aryl methyl sites for hydroxylation is 2. The van der Waals surface area contributed by atoms with Crippen molar-refractivity contribution in [3.8, 4) is 17.2 Å². The first-order valence-electron chi connectivity index (χ1n) is 12.0. The minimum atomic E-state index is -0.455. The molecule has 0 radical (unpaired) electrons. The van der Waals surface area contributed by atoms with Gasteiger partial charge in [0.05, 0.1) is 12.2 Å². The molecule has 0 spiro atoms. The fourth-order valence-corrected chi connectivity index (χ4v) is 4.59. The Hall–Kier alpha value is -3.59. The molecule has 1 amide bonds. The van der Waals surface area contributed by atoms with Crippen molar-refractivity contribution >= 4 is 39.8 Å². The number of fused-ring (bicyclic) bond motifs is 1. The molecule has 0 bridgehead atoms. The SMILES string of the molecule is CCOc1cc(/C=C2/C(=N)N3N=C(CC)SC3=NC2=O)ccc1OCCOc1cc(C)cc(CC)c1. The maximum Gasteiger partial charge on any atom is 0.283 e. The number of rotatable bonds is 10. The molecule has 0 saturated heterocycles. The van der Waals surface area contributed by atoms with E-state index in [0.29, 0.717) is 42.1 Å². The first-order valence-corrected chi connectivity index (χ1v) is 12.9. The van der Waals surface area contributed by atoms with Gasteiger partial charge in [-0.3, -0.25) is 10.2 Å². The maximum atomic E-state index is 12.6. The van der Waals surface area contributed by atoms with Crippen molar-refractivity contribution in [2.75, 3.05) is 19.8 Å². The Kier molecular flexibility index (Phi) is 8.10. The number of hydrogen-bond donors (Lipinski definition) is 1. The molecule has 9 heteroatoms. The van der Waals surface area contributed by atoms with Crippen molar-refractivity contribution < 1.29 is 19.0 Å². The summed E-state index contributed by atoms with van der Waals surface area (Å²) in [5.74, 6) is 1.53. The second-order valence-electron chi connectivity index (χ2n) is 8.21. The van der Waals surface area contributed by atoms with Gasteiger partial charge in [0.1, 0.15) is 24.0 Å². The summed E-state index contributed by atoms with van der Waals surface area (Å²) in [7, 11) is 0. The zero-order chi connectivity index (χ0) is 25.7. The number of hydrogen-bond acceptors (Lipinski definition) is 7. The number of carbonyl (C=O) groups excluding carboxylic acids is 1. The first kappa shape index (κ1) is 25.5. The highest BCUT2D eigenvalue weighted by molar-refractivity contribution is 8.26. The molecule has 1 N–H and O–H groups in total. The second-order valence-corrected chi connectivity index (χ2v) is 9.25. The number of hydrazone groups is 1. The highest BCUT2D eigenvalue weighted by Gasteiger charge is 2.35. The molecule has 8 nitrogen and oxygen atoms in total. The predicted molar refractivity (Wildman–Crippen MR) is 144 cm³/mol. The Morgan fingerprint density at radius 3 is 2.56 bits per heavy atom. The number of nitrogens with zero attached hydrogens (tertiary/aromatic N) is 3. The van der Waals surface area contributed by atoms with E-state index in [9.17, 15) is 4.79 Å². The summed E-state index contributed by atoms with van der Waals surface area (Å²) >= 11 is 1.32. The molecule has 0 saturated carbocycles. The largest absolute Gasteiger partial charge is 0.490 e. The van der Waals surface area contributed by atoms with Gasteiger partial charge in [0, 0.05) is 0 Å². The van der Waals surface area contributed by atoms with Crippen LogP contribution in [0.3, 0.4) is 0 Å². The highest BCUT2D eigenvalue weighted by Crippen LogP contribution is 2.32. The number of benzene rings is 2. The highest BCUT2D eigenvalue weighted by atomic mass is 32.2. The van der Waals surface area contributed by atoms with Gasteiger partial charge < -0.3 is 14.2 Å². The van der Waals surface area contributed by atoms with Crippen molar-refractivity contribution in [2.24, 2.45) is 10.1 Å². The van der Waals surface area contributed by atoms with E-state index in [1.54, 1.807) is 18.2 Å². The topological polar surface area (TPSA) is 96.6 Å². The molecule has 0 aromatic heterocycles. The van der Waals surface area contributed by atoms with Crippen LogP contribution in [0.25, 0.3) is 6.08 Å². The summed E-state index contributed by atoms with van der Waals surface area (Å²) in [4.78, 5) is 16.7. The van der Waals surface area contributed by atoms with Gasteiger partial charge in [0.15, 0.2) is 17.3 Å². The molecule has 0 atom stereocenters. The van der Waals surface area contributed by atoms with Crippen LogP contribution >= 0.6 is 11.8 Å². The molecule has 2 aliphatic heterocycles. The van der Waals surface area contributed by atoms with Gasteiger partial charge in [-0.2, -0.15) is 15.1 Å². The summed E-state index contributed by atoms with van der Waals surface area (Å²) in [5, 5.41) is 15.5. The summed E-state index contributed by atoms with van der Waals surface area (Å²) in [5.41, 5.74) is 3.28. The quantitative estimate of drug-likeness (QED) is 0.340. The van der Waals surface area contributed by atoms with Crippen molar-refractivity contribution in [3.63, 3.8) is 0 Å². The number of aliphatic imine (C=N–C) groups is 1. The molecule has 0 fully saturated rings. The number of amidine groups is 2. The minimum absolute atomic E-state index is 0.0127. The lowest BCUT2D eigenvalue weighted by atomic mass is 10.1. The van der Waals surface area contributed by atoms with Crippen LogP contribution in [-0.2, 0) is 11.2 Å². The van der Waals surface area contributed by atoms with Crippen LogP contribution < -0.4 is 14.2 Å². The summed E-state index contributed by atoms with van der Waals surface area (Å²) < 4.78 is 17.6. The predicted octanol–water partition coefficient (Wildman–Crippen LogP) is 5.44. The molecule has 0 unspecified atom stereocenters. The first-order chi connectivity index (χ1) is 17.4. The Bertz CT molecular complexity index is 1270. The van der Waals surface area contributed by atoms with Gasteiger partial charge in [-0.05, 0) is 85.5 Å². The lowest BCUT2D eigenvalue weighted by Crippen LogP contribution is -2.35. The molecule has 0 aliphatic carbocycles. The monoisotopic (exact) mass is 506 g/mol. The summed E-state index contributed by atoms with van der Waals surface area (Å²) in [6.07, 6.45) is 3.31. The average Bonchev–Trinajstić information content (AvgIpc) is 3.28. The van der Waals surface area contributed by atoms with Gasteiger partial charge in [-0.25, -0.2) is 0 Å². The van der Waals surface area contributed by atoms with Gasteiger partial charge in [0.2, 0.25) is 5.17 Å². The minimum Gasteiger partial charge on any atom is -0.490 e. The summed E-state index contributed by atoms with van der Waals surface area (Å²) in [6, 6.07) is 11.6. The second kappa shape index (κ2) is 11.4. The van der Waals surface area contributed by atoms with Crippen LogP contribution in [0, 0.1) is 12.3 Å². The van der Waals surface area contributed by atoms with E-state index in [4.69, 9.17) is 19.6 Å². The van der Waals surface area contributed by atoms with Crippen molar-refractivity contribution in [1.29, 1.82) is 5.41 Å². The molecule has 188 valence electrons. The average molecular weight is 507 g/mol. The zero-order valence-electron chi connectivity index (χ0n) is 21.0. The Balaban J connectivity index is 1.45. The third-order valence-corrected chi connectivity index (χ3v) is 6.56. The Labute approximate surface area is 215 Å². The van der Waals surface area contributed by atoms with E-state index in [-0.39, 0.29) is 11.4 Å². The fraction of sp³-hybridized carbons (Fsp3) is 0.333. The maximum absolute atomic E-state index is 12.6. The molecular formula is C27H30N4O4S. The lowest BCUT2D eigenvalue weighted by molar-refractivity contribution is -0.114. The number of carbonyl (C=O) groups is 1. The van der Waals surface area contributed by atoms with Gasteiger partial charge in [-0.15, -0.1) is 0 Å². The van der Waals surface area contributed by atoms with Gasteiger partial charge >= 0.3 is 0 Å². The fourth-order valence-electron chi connectivity index (χ4n) is 3.77.